The average Bonchev–Trinajstić information content (AvgIpc) is 2.38. The van der Waals surface area contributed by atoms with Crippen molar-refractivity contribution in [3.05, 3.63) is 48.4 Å². The van der Waals surface area contributed by atoms with Crippen LogP contribution < -0.4 is 10.1 Å². The first-order valence-electron chi connectivity index (χ1n) is 5.03. The Bertz CT molecular complexity index is 445. The fourth-order valence-corrected chi connectivity index (χ4v) is 1.37. The van der Waals surface area contributed by atoms with Gasteiger partial charge in [0.25, 0.3) is 0 Å². The first-order valence-corrected chi connectivity index (χ1v) is 5.03. The molecule has 0 aliphatic carbocycles. The van der Waals surface area contributed by atoms with Gasteiger partial charge >= 0.3 is 0 Å². The van der Waals surface area contributed by atoms with E-state index in [1.807, 2.05) is 30.3 Å². The smallest absolute Gasteiger partial charge is 0.169 e. The molecule has 0 amide bonds. The number of aromatic nitrogens is 2. The van der Waals surface area contributed by atoms with Crippen LogP contribution in [0.15, 0.2) is 42.7 Å². The van der Waals surface area contributed by atoms with Gasteiger partial charge in [-0.1, -0.05) is 6.07 Å². The highest BCUT2D eigenvalue weighted by molar-refractivity contribution is 5.49. The highest BCUT2D eigenvalue weighted by Crippen LogP contribution is 2.20. The molecule has 0 saturated carbocycles. The van der Waals surface area contributed by atoms with Crippen LogP contribution in [0.2, 0.25) is 0 Å². The van der Waals surface area contributed by atoms with E-state index in [0.717, 1.165) is 17.3 Å². The van der Waals surface area contributed by atoms with Gasteiger partial charge in [-0.3, -0.25) is 4.98 Å². The van der Waals surface area contributed by atoms with Crippen LogP contribution in [0.4, 0.5) is 5.82 Å². The quantitative estimate of drug-likeness (QED) is 0.848. The summed E-state index contributed by atoms with van der Waals surface area (Å²) in [5.41, 5.74) is 0.968. The zero-order valence-corrected chi connectivity index (χ0v) is 9.05. The number of nitrogens with zero attached hydrogens (tertiary/aromatic N) is 2. The Morgan fingerprint density at radius 1 is 1.12 bits per heavy atom. The van der Waals surface area contributed by atoms with E-state index in [-0.39, 0.29) is 0 Å². The average molecular weight is 215 g/mol. The predicted octanol–water partition coefficient (Wildman–Crippen LogP) is 2.10. The third kappa shape index (κ3) is 2.48. The van der Waals surface area contributed by atoms with Crippen molar-refractivity contribution in [3.8, 4) is 5.75 Å². The van der Waals surface area contributed by atoms with Gasteiger partial charge in [0.05, 0.1) is 19.3 Å². The van der Waals surface area contributed by atoms with Crippen LogP contribution in [0.5, 0.6) is 5.75 Å². The second kappa shape index (κ2) is 5.11. The Morgan fingerprint density at radius 2 is 2.00 bits per heavy atom. The second-order valence-electron chi connectivity index (χ2n) is 3.23. The second-order valence-corrected chi connectivity index (χ2v) is 3.23. The Morgan fingerprint density at radius 3 is 2.75 bits per heavy atom. The van der Waals surface area contributed by atoms with Crippen molar-refractivity contribution in [1.29, 1.82) is 0 Å². The summed E-state index contributed by atoms with van der Waals surface area (Å²) in [6, 6.07) is 9.52. The lowest BCUT2D eigenvalue weighted by atomic mass is 10.3. The lowest BCUT2D eigenvalue weighted by Crippen LogP contribution is -2.04. The first kappa shape index (κ1) is 10.4. The van der Waals surface area contributed by atoms with Crippen molar-refractivity contribution in [2.75, 3.05) is 12.4 Å². The molecule has 0 spiro atoms. The molecule has 4 nitrogen and oxygen atoms in total. The molecule has 4 heteroatoms. The van der Waals surface area contributed by atoms with E-state index in [0.29, 0.717) is 6.54 Å². The van der Waals surface area contributed by atoms with Crippen LogP contribution in [-0.2, 0) is 6.54 Å². The monoisotopic (exact) mass is 215 g/mol. The van der Waals surface area contributed by atoms with Gasteiger partial charge in [0.1, 0.15) is 0 Å². The summed E-state index contributed by atoms with van der Waals surface area (Å²) < 4.78 is 5.19. The van der Waals surface area contributed by atoms with Gasteiger partial charge < -0.3 is 10.1 Å². The summed E-state index contributed by atoms with van der Waals surface area (Å²) in [5.74, 6) is 1.47. The van der Waals surface area contributed by atoms with Gasteiger partial charge in [-0.2, -0.15) is 0 Å². The van der Waals surface area contributed by atoms with E-state index in [1.54, 1.807) is 19.5 Å². The first-order chi connectivity index (χ1) is 7.90. The molecule has 0 saturated heterocycles. The molecule has 0 atom stereocenters. The van der Waals surface area contributed by atoms with Crippen LogP contribution in [0.3, 0.4) is 0 Å². The fraction of sp³-hybridized carbons (Fsp3) is 0.167. The molecule has 82 valence electrons. The molecule has 2 aromatic rings. The highest BCUT2D eigenvalue weighted by Gasteiger charge is 2.02. The Hall–Kier alpha value is -2.10. The molecule has 0 aliphatic rings. The molecule has 0 unspecified atom stereocenters. The lowest BCUT2D eigenvalue weighted by Gasteiger charge is -2.08. The number of methoxy groups -OCH3 is 1. The number of pyridine rings is 2. The Labute approximate surface area is 94.3 Å². The summed E-state index contributed by atoms with van der Waals surface area (Å²) in [5, 5.41) is 3.18. The largest absolute Gasteiger partial charge is 0.493 e. The molecular formula is C12H13N3O. The molecular weight excluding hydrogens is 202 g/mol. The van der Waals surface area contributed by atoms with E-state index < -0.39 is 0 Å². The van der Waals surface area contributed by atoms with E-state index >= 15 is 0 Å². The highest BCUT2D eigenvalue weighted by atomic mass is 16.5. The molecule has 0 aromatic carbocycles. The third-order valence-corrected chi connectivity index (χ3v) is 2.15. The molecule has 0 radical (unpaired) electrons. The maximum Gasteiger partial charge on any atom is 0.169 e. The molecule has 0 fully saturated rings. The Balaban J connectivity index is 2.05. The summed E-state index contributed by atoms with van der Waals surface area (Å²) in [4.78, 5) is 8.42. The van der Waals surface area contributed by atoms with Crippen LogP contribution in [0.1, 0.15) is 5.69 Å². The predicted molar refractivity (Wildman–Crippen MR) is 62.4 cm³/mol. The van der Waals surface area contributed by atoms with Gasteiger partial charge in [0.2, 0.25) is 0 Å². The van der Waals surface area contributed by atoms with Gasteiger partial charge in [-0.05, 0) is 24.3 Å². The van der Waals surface area contributed by atoms with Gasteiger partial charge in [-0.15, -0.1) is 0 Å². The van der Waals surface area contributed by atoms with E-state index in [9.17, 15) is 0 Å². The number of nitrogens with one attached hydrogen (secondary N) is 1. The molecule has 2 rings (SSSR count). The van der Waals surface area contributed by atoms with Gasteiger partial charge in [-0.25, -0.2) is 4.98 Å². The van der Waals surface area contributed by atoms with Crippen molar-refractivity contribution in [2.24, 2.45) is 0 Å². The molecule has 2 heterocycles. The molecule has 2 aromatic heterocycles. The van der Waals surface area contributed by atoms with E-state index in [4.69, 9.17) is 4.74 Å². The van der Waals surface area contributed by atoms with Crippen molar-refractivity contribution >= 4 is 5.82 Å². The van der Waals surface area contributed by atoms with Crippen LogP contribution in [0.25, 0.3) is 0 Å². The molecule has 16 heavy (non-hydrogen) atoms. The minimum Gasteiger partial charge on any atom is -0.493 e. The normalized spacial score (nSPS) is 9.81. The van der Waals surface area contributed by atoms with Crippen molar-refractivity contribution < 1.29 is 4.74 Å². The van der Waals surface area contributed by atoms with Gasteiger partial charge in [0.15, 0.2) is 11.6 Å². The minimum absolute atomic E-state index is 0.633. The zero-order valence-electron chi connectivity index (χ0n) is 9.05. The number of rotatable bonds is 4. The molecule has 1 N–H and O–H groups in total. The number of ether oxygens (including phenoxy) is 1. The minimum atomic E-state index is 0.633. The third-order valence-electron chi connectivity index (χ3n) is 2.15. The standard InChI is InChI=1S/C12H13N3O/c1-16-11-6-4-8-14-12(11)15-9-10-5-2-3-7-13-10/h2-8H,9H2,1H3,(H,14,15). The topological polar surface area (TPSA) is 47.0 Å². The molecule has 0 bridgehead atoms. The van der Waals surface area contributed by atoms with Crippen molar-refractivity contribution in [1.82, 2.24) is 9.97 Å². The maximum atomic E-state index is 5.19. The Kier molecular flexibility index (Phi) is 3.33. The lowest BCUT2D eigenvalue weighted by molar-refractivity contribution is 0.415. The molecule has 0 aliphatic heterocycles. The summed E-state index contributed by atoms with van der Waals surface area (Å²) in [7, 11) is 1.63. The fourth-order valence-electron chi connectivity index (χ4n) is 1.37. The van der Waals surface area contributed by atoms with Gasteiger partial charge in [0, 0.05) is 12.4 Å². The summed E-state index contributed by atoms with van der Waals surface area (Å²) >= 11 is 0. The van der Waals surface area contributed by atoms with Crippen molar-refractivity contribution in [3.63, 3.8) is 0 Å². The zero-order chi connectivity index (χ0) is 11.2. The number of hydrogen-bond acceptors (Lipinski definition) is 4. The van der Waals surface area contributed by atoms with Crippen LogP contribution in [-0.4, -0.2) is 17.1 Å². The van der Waals surface area contributed by atoms with E-state index in [1.165, 1.54) is 0 Å². The number of hydrogen-bond donors (Lipinski definition) is 1. The summed E-state index contributed by atoms with van der Waals surface area (Å²) in [6.07, 6.45) is 3.50. The van der Waals surface area contributed by atoms with Crippen molar-refractivity contribution in [2.45, 2.75) is 6.54 Å². The number of anilines is 1. The SMILES string of the molecule is COc1cccnc1NCc1ccccn1. The van der Waals surface area contributed by atoms with Crippen LogP contribution >= 0.6 is 0 Å². The van der Waals surface area contributed by atoms with Crippen LogP contribution in [0, 0.1) is 0 Å². The summed E-state index contributed by atoms with van der Waals surface area (Å²) in [6.45, 7) is 0.633. The maximum absolute atomic E-state index is 5.19. The van der Waals surface area contributed by atoms with E-state index in [2.05, 4.69) is 15.3 Å².